The van der Waals surface area contributed by atoms with Crippen molar-refractivity contribution < 1.29 is 58.6 Å². The van der Waals surface area contributed by atoms with Gasteiger partial charge < -0.3 is 9.47 Å². The van der Waals surface area contributed by atoms with E-state index in [1.807, 2.05) is 0 Å². The Morgan fingerprint density at radius 1 is 1.08 bits per heavy atom. The highest BCUT2D eigenvalue weighted by atomic mass is 19.4. The lowest BCUT2D eigenvalue weighted by Gasteiger charge is -2.22. The molecule has 0 spiro atoms. The van der Waals surface area contributed by atoms with Crippen LogP contribution in [0.1, 0.15) is 6.92 Å². The van der Waals surface area contributed by atoms with Gasteiger partial charge in [-0.05, 0) is 6.92 Å². The van der Waals surface area contributed by atoms with E-state index in [-0.39, 0.29) is 0 Å². The topological polar surface area (TPSA) is 65.0 Å². The first-order valence-electron chi connectivity index (χ1n) is 5.48. The molecule has 0 fully saturated rings. The zero-order valence-corrected chi connectivity index (χ0v) is 11.1. The van der Waals surface area contributed by atoms with Crippen LogP contribution in [-0.4, -0.2) is 42.5 Å². The molecule has 1 atom stereocenters. The average Bonchev–Trinajstić information content (AvgIpc) is 2.74. The van der Waals surface area contributed by atoms with Crippen molar-refractivity contribution in [3.05, 3.63) is 11.3 Å². The minimum Gasteiger partial charge on any atom is -0.441 e. The van der Waals surface area contributed by atoms with Gasteiger partial charge in [-0.1, -0.05) is 0 Å². The van der Waals surface area contributed by atoms with Crippen LogP contribution >= 0.6 is 0 Å². The molecule has 1 heterocycles. The Bertz CT molecular complexity index is 611. The van der Waals surface area contributed by atoms with Crippen molar-refractivity contribution in [1.82, 2.24) is 0 Å². The molecule has 1 aliphatic heterocycles. The molecule has 0 saturated heterocycles. The Labute approximate surface area is 125 Å². The second-order valence-corrected chi connectivity index (χ2v) is 4.16. The molecule has 0 amide bonds. The lowest BCUT2D eigenvalue weighted by atomic mass is 10.1. The van der Waals surface area contributed by atoms with Crippen LogP contribution in [0, 0.1) is 0 Å². The summed E-state index contributed by atoms with van der Waals surface area (Å²) in [4.78, 5) is 24.2. The molecule has 0 radical (unpaired) electrons. The van der Waals surface area contributed by atoms with Crippen molar-refractivity contribution in [2.24, 2.45) is 4.99 Å². The number of rotatable bonds is 2. The van der Waals surface area contributed by atoms with E-state index in [1.54, 1.807) is 0 Å². The van der Waals surface area contributed by atoms with Crippen LogP contribution in [-0.2, 0) is 19.1 Å². The van der Waals surface area contributed by atoms with Gasteiger partial charge in [0.25, 0.3) is 0 Å². The molecule has 0 aliphatic carbocycles. The van der Waals surface area contributed by atoms with Gasteiger partial charge in [-0.2, -0.15) is 39.5 Å². The van der Waals surface area contributed by atoms with Gasteiger partial charge in [-0.25, -0.2) is 14.6 Å². The number of carbonyl (C=O) groups is 2. The second kappa shape index (κ2) is 5.98. The third-order valence-corrected chi connectivity index (χ3v) is 2.36. The summed E-state index contributed by atoms with van der Waals surface area (Å²) in [7, 11) is 0. The number of cyclic esters (lactones) is 1. The van der Waals surface area contributed by atoms with E-state index in [4.69, 9.17) is 0 Å². The highest BCUT2D eigenvalue weighted by Gasteiger charge is 2.52. The fraction of sp³-hybridized carbons (Fsp3) is 0.500. The Hall–Kier alpha value is -2.28. The maximum Gasteiger partial charge on any atom is 0.490 e. The standard InChI is InChI=1S/C10H4F9NO4/c1-2(3-5(21)24-6(20-3)9(14,15)16)4(8(11,12)13)23-7(22)10(17,18)19/h4H,1H3/b3-2+/t4-/m1/s1. The Morgan fingerprint density at radius 3 is 1.92 bits per heavy atom. The third kappa shape index (κ3) is 4.38. The van der Waals surface area contributed by atoms with Crippen LogP contribution in [0.4, 0.5) is 39.5 Å². The minimum atomic E-state index is -5.80. The van der Waals surface area contributed by atoms with Crippen LogP contribution < -0.4 is 0 Å². The lowest BCUT2D eigenvalue weighted by Crippen LogP contribution is -2.39. The lowest BCUT2D eigenvalue weighted by molar-refractivity contribution is -0.237. The fourth-order valence-corrected chi connectivity index (χ4v) is 1.38. The zero-order chi connectivity index (χ0) is 19.1. The number of nitrogens with zero attached hydrogens (tertiary/aromatic N) is 1. The summed E-state index contributed by atoms with van der Waals surface area (Å²) in [6, 6.07) is 0. The molecule has 24 heavy (non-hydrogen) atoms. The second-order valence-electron chi connectivity index (χ2n) is 4.16. The van der Waals surface area contributed by atoms with Crippen LogP contribution in [0.2, 0.25) is 0 Å². The maximum atomic E-state index is 12.7. The normalized spacial score (nSPS) is 19.6. The van der Waals surface area contributed by atoms with Crippen molar-refractivity contribution in [2.75, 3.05) is 0 Å². The van der Waals surface area contributed by atoms with Gasteiger partial charge >= 0.3 is 36.4 Å². The third-order valence-electron chi connectivity index (χ3n) is 2.36. The predicted octanol–water partition coefficient (Wildman–Crippen LogP) is 2.81. The van der Waals surface area contributed by atoms with E-state index in [2.05, 4.69) is 14.5 Å². The first-order chi connectivity index (χ1) is 10.5. The van der Waals surface area contributed by atoms with E-state index in [9.17, 15) is 49.1 Å². The molecule has 1 rings (SSSR count). The Morgan fingerprint density at radius 2 is 1.58 bits per heavy atom. The van der Waals surface area contributed by atoms with Crippen LogP contribution in [0.25, 0.3) is 0 Å². The number of ether oxygens (including phenoxy) is 2. The smallest absolute Gasteiger partial charge is 0.441 e. The number of esters is 2. The predicted molar refractivity (Wildman–Crippen MR) is 54.3 cm³/mol. The van der Waals surface area contributed by atoms with Crippen molar-refractivity contribution in [3.63, 3.8) is 0 Å². The summed E-state index contributed by atoms with van der Waals surface area (Å²) in [5.41, 5.74) is -3.08. The van der Waals surface area contributed by atoms with E-state index in [0.29, 0.717) is 6.92 Å². The van der Waals surface area contributed by atoms with Gasteiger partial charge in [0.15, 0.2) is 5.70 Å². The van der Waals surface area contributed by atoms with Crippen LogP contribution in [0.5, 0.6) is 0 Å². The largest absolute Gasteiger partial charge is 0.490 e. The SMILES string of the molecule is C/C(=C1\N=C(C(F)(F)F)OC1=O)[C@@H](OC(=O)C(F)(F)F)C(F)(F)F. The molecule has 0 unspecified atom stereocenters. The van der Waals surface area contributed by atoms with Crippen molar-refractivity contribution in [1.29, 1.82) is 0 Å². The molecule has 14 heteroatoms. The summed E-state index contributed by atoms with van der Waals surface area (Å²) in [6.07, 6.45) is -20.4. The number of hydrogen-bond donors (Lipinski definition) is 0. The van der Waals surface area contributed by atoms with Gasteiger partial charge in [0, 0.05) is 5.57 Å². The molecule has 5 nitrogen and oxygen atoms in total. The molecule has 0 aromatic heterocycles. The van der Waals surface area contributed by atoms with E-state index >= 15 is 0 Å². The van der Waals surface area contributed by atoms with Crippen LogP contribution in [0.15, 0.2) is 16.3 Å². The number of aliphatic imine (C=N–C) groups is 1. The summed E-state index contributed by atoms with van der Waals surface area (Å²) in [5.74, 6) is -7.45. The summed E-state index contributed by atoms with van der Waals surface area (Å²) >= 11 is 0. The molecule has 1 aliphatic rings. The molecular formula is C10H4F9NO4. The van der Waals surface area contributed by atoms with E-state index in [1.165, 1.54) is 0 Å². The molecule has 0 N–H and O–H groups in total. The molecule has 136 valence electrons. The van der Waals surface area contributed by atoms with Crippen molar-refractivity contribution >= 4 is 17.8 Å². The maximum absolute atomic E-state index is 12.7. The van der Waals surface area contributed by atoms with Crippen molar-refractivity contribution in [2.45, 2.75) is 31.6 Å². The van der Waals surface area contributed by atoms with Gasteiger partial charge in [0.05, 0.1) is 0 Å². The minimum absolute atomic E-state index is 0.321. The van der Waals surface area contributed by atoms with Crippen LogP contribution in [0.3, 0.4) is 0 Å². The quantitative estimate of drug-likeness (QED) is 0.424. The summed E-state index contributed by atoms with van der Waals surface area (Å²) in [6.45, 7) is 0.321. The molecule has 0 bridgehead atoms. The summed E-state index contributed by atoms with van der Waals surface area (Å²) in [5, 5.41) is 0. The first kappa shape index (κ1) is 19.8. The molecular weight excluding hydrogens is 369 g/mol. The molecule has 0 aromatic rings. The number of hydrogen-bond acceptors (Lipinski definition) is 5. The highest BCUT2D eigenvalue weighted by Crippen LogP contribution is 2.34. The highest BCUT2D eigenvalue weighted by molar-refractivity contribution is 6.06. The Kier molecular flexibility index (Phi) is 4.92. The number of alkyl halides is 9. The van der Waals surface area contributed by atoms with Gasteiger partial charge in [-0.15, -0.1) is 0 Å². The molecule has 0 aromatic carbocycles. The van der Waals surface area contributed by atoms with Crippen molar-refractivity contribution in [3.8, 4) is 0 Å². The first-order valence-corrected chi connectivity index (χ1v) is 5.48. The van der Waals surface area contributed by atoms with Gasteiger partial charge in [0.1, 0.15) is 0 Å². The number of carbonyl (C=O) groups excluding carboxylic acids is 2. The average molecular weight is 373 g/mol. The molecule has 0 saturated carbocycles. The summed E-state index contributed by atoms with van der Waals surface area (Å²) < 4.78 is 118. The van der Waals surface area contributed by atoms with Gasteiger partial charge in [-0.3, -0.25) is 0 Å². The van der Waals surface area contributed by atoms with E-state index < -0.39 is 53.7 Å². The zero-order valence-electron chi connectivity index (χ0n) is 11.1. The number of halogens is 9. The fourth-order valence-electron chi connectivity index (χ4n) is 1.38. The monoisotopic (exact) mass is 373 g/mol. The Balaban J connectivity index is 3.31. The van der Waals surface area contributed by atoms with E-state index in [0.717, 1.165) is 0 Å². The van der Waals surface area contributed by atoms with Gasteiger partial charge in [0.2, 0.25) is 6.10 Å².